The van der Waals surface area contributed by atoms with Gasteiger partial charge in [-0.2, -0.15) is 4.98 Å². The Kier molecular flexibility index (Phi) is 6.41. The zero-order valence-electron chi connectivity index (χ0n) is 16.4. The second-order valence-electron chi connectivity index (χ2n) is 7.25. The van der Waals surface area contributed by atoms with E-state index in [2.05, 4.69) is 4.98 Å². The lowest BCUT2D eigenvalue weighted by molar-refractivity contribution is -0.0609. The molecule has 11 nitrogen and oxygen atoms in total. The average Bonchev–Trinajstić information content (AvgIpc) is 3.00. The van der Waals surface area contributed by atoms with E-state index in [-0.39, 0.29) is 24.4 Å². The summed E-state index contributed by atoms with van der Waals surface area (Å²) in [4.78, 5) is 15.5. The highest BCUT2D eigenvalue weighted by molar-refractivity contribution is 7.48. The Morgan fingerprint density at radius 2 is 1.97 bits per heavy atom. The van der Waals surface area contributed by atoms with Crippen molar-refractivity contribution in [1.82, 2.24) is 9.55 Å². The summed E-state index contributed by atoms with van der Waals surface area (Å²) in [7, 11) is -4.19. The largest absolute Gasteiger partial charge is 0.475 e. The van der Waals surface area contributed by atoms with Crippen LogP contribution in [0, 0.1) is 11.6 Å². The maximum atomic E-state index is 13.5. The van der Waals surface area contributed by atoms with Crippen molar-refractivity contribution in [3.05, 3.63) is 58.1 Å². The van der Waals surface area contributed by atoms with E-state index in [0.29, 0.717) is 6.07 Å². The van der Waals surface area contributed by atoms with Crippen LogP contribution >= 0.6 is 7.82 Å². The van der Waals surface area contributed by atoms with E-state index in [1.807, 2.05) is 0 Å². The fourth-order valence-electron chi connectivity index (χ4n) is 3.45. The first-order valence-electron chi connectivity index (χ1n) is 9.55. The van der Waals surface area contributed by atoms with Crippen LogP contribution in [-0.4, -0.2) is 51.3 Å². The zero-order valence-corrected chi connectivity index (χ0v) is 17.3. The number of anilines is 1. The van der Waals surface area contributed by atoms with Gasteiger partial charge in [0.25, 0.3) is 0 Å². The Bertz CT molecular complexity index is 1080. The van der Waals surface area contributed by atoms with E-state index in [1.165, 1.54) is 12.3 Å². The molecule has 2 aliphatic rings. The van der Waals surface area contributed by atoms with E-state index in [1.54, 1.807) is 0 Å². The number of aliphatic hydroxyl groups is 2. The lowest BCUT2D eigenvalue weighted by atomic mass is 10.1. The number of nitrogen functional groups attached to an aromatic ring is 1. The molecule has 2 saturated heterocycles. The number of ether oxygens (including phenoxy) is 1. The fraction of sp³-hybridized carbons (Fsp3) is 0.444. The minimum absolute atomic E-state index is 0.0309. The highest BCUT2D eigenvalue weighted by Gasteiger charge is 2.46. The van der Waals surface area contributed by atoms with Crippen LogP contribution in [0.5, 0.6) is 0 Å². The molecule has 174 valence electrons. The smallest absolute Gasteiger partial charge is 0.387 e. The Morgan fingerprint density at radius 1 is 1.25 bits per heavy atom. The molecule has 0 bridgehead atoms. The van der Waals surface area contributed by atoms with Gasteiger partial charge in [0.05, 0.1) is 19.3 Å². The normalized spacial score (nSPS) is 32.8. The van der Waals surface area contributed by atoms with Crippen molar-refractivity contribution in [1.29, 1.82) is 0 Å². The number of phosphoric acid groups is 1. The maximum absolute atomic E-state index is 13.5. The number of nitrogens with zero attached hydrogens (tertiary/aromatic N) is 2. The number of hydrogen-bond donors (Lipinski definition) is 3. The van der Waals surface area contributed by atoms with Crippen molar-refractivity contribution in [2.45, 2.75) is 37.1 Å². The molecule has 0 radical (unpaired) electrons. The number of halogens is 2. The molecule has 3 heterocycles. The van der Waals surface area contributed by atoms with Gasteiger partial charge in [0.2, 0.25) is 0 Å². The summed E-state index contributed by atoms with van der Waals surface area (Å²) in [5.74, 6) is -1.67. The van der Waals surface area contributed by atoms with Crippen molar-refractivity contribution in [2.75, 3.05) is 18.9 Å². The highest BCUT2D eigenvalue weighted by Crippen LogP contribution is 2.57. The number of aliphatic hydroxyl groups excluding tert-OH is 2. The van der Waals surface area contributed by atoms with Crippen LogP contribution in [0.15, 0.2) is 35.3 Å². The van der Waals surface area contributed by atoms with Gasteiger partial charge in [-0.25, -0.2) is 18.1 Å². The van der Waals surface area contributed by atoms with Gasteiger partial charge in [0, 0.05) is 18.7 Å². The first-order chi connectivity index (χ1) is 15.1. The van der Waals surface area contributed by atoms with Crippen LogP contribution in [0.4, 0.5) is 14.6 Å². The van der Waals surface area contributed by atoms with Crippen molar-refractivity contribution in [3.8, 4) is 0 Å². The quantitative estimate of drug-likeness (QED) is 0.534. The van der Waals surface area contributed by atoms with Crippen LogP contribution in [0.2, 0.25) is 0 Å². The minimum atomic E-state index is -4.19. The number of aromatic nitrogens is 2. The lowest BCUT2D eigenvalue weighted by Crippen LogP contribution is -2.36. The Morgan fingerprint density at radius 3 is 2.66 bits per heavy atom. The third-order valence-corrected chi connectivity index (χ3v) is 6.48. The highest BCUT2D eigenvalue weighted by atomic mass is 31.2. The molecular weight excluding hydrogens is 455 g/mol. The SMILES string of the molecule is Nc1ccn([C@@H]2O[C@H](COP3(=O)OCC[C@H](c4cc(F)cc(F)c4)O3)[C@@H](O)[C@@H]2O)c(=O)n1. The number of phosphoric ester groups is 1. The molecule has 4 rings (SSSR count). The van der Waals surface area contributed by atoms with E-state index < -0.39 is 62.4 Å². The zero-order chi connectivity index (χ0) is 23.0. The molecule has 0 amide bonds. The molecule has 1 aromatic carbocycles. The van der Waals surface area contributed by atoms with Crippen molar-refractivity contribution in [2.24, 2.45) is 0 Å². The van der Waals surface area contributed by atoms with Gasteiger partial charge in [-0.15, -0.1) is 0 Å². The van der Waals surface area contributed by atoms with Crippen LogP contribution in [0.1, 0.15) is 24.3 Å². The molecule has 1 aromatic heterocycles. The molecule has 2 fully saturated rings. The molecule has 1 unspecified atom stereocenters. The third kappa shape index (κ3) is 4.74. The van der Waals surface area contributed by atoms with Gasteiger partial charge in [0.15, 0.2) is 6.23 Å². The topological polar surface area (TPSA) is 155 Å². The molecule has 6 atom stereocenters. The first-order valence-corrected chi connectivity index (χ1v) is 11.0. The van der Waals surface area contributed by atoms with E-state index in [0.717, 1.165) is 16.7 Å². The molecule has 0 aliphatic carbocycles. The molecule has 2 aliphatic heterocycles. The van der Waals surface area contributed by atoms with Crippen LogP contribution in [-0.2, 0) is 22.9 Å². The third-order valence-electron chi connectivity index (χ3n) is 5.00. The van der Waals surface area contributed by atoms with Crippen molar-refractivity contribution >= 4 is 13.6 Å². The second kappa shape index (κ2) is 8.94. The predicted octanol–water partition coefficient (Wildman–Crippen LogP) is 1.03. The van der Waals surface area contributed by atoms with Gasteiger partial charge in [0.1, 0.15) is 35.8 Å². The maximum Gasteiger partial charge on any atom is 0.475 e. The fourth-order valence-corrected chi connectivity index (χ4v) is 4.84. The van der Waals surface area contributed by atoms with E-state index in [4.69, 9.17) is 24.0 Å². The summed E-state index contributed by atoms with van der Waals surface area (Å²) in [5, 5.41) is 20.5. The number of rotatable bonds is 5. The van der Waals surface area contributed by atoms with E-state index in [9.17, 15) is 28.4 Å². The van der Waals surface area contributed by atoms with Gasteiger partial charge < -0.3 is 20.7 Å². The predicted molar refractivity (Wildman–Crippen MR) is 103 cm³/mol. The van der Waals surface area contributed by atoms with Gasteiger partial charge in [-0.1, -0.05) is 0 Å². The molecule has 0 spiro atoms. The Hall–Kier alpha value is -2.25. The summed E-state index contributed by atoms with van der Waals surface area (Å²) in [6, 6.07) is 4.10. The monoisotopic (exact) mass is 475 g/mol. The number of nitrogens with two attached hydrogens (primary N) is 1. The number of benzene rings is 1. The van der Waals surface area contributed by atoms with Gasteiger partial charge in [-0.05, 0) is 23.8 Å². The standard InChI is InChI=1S/C18H20F2N3O8P/c19-10-5-9(6-11(20)7-10)12-2-4-28-32(27,31-12)29-8-13-15(24)16(25)17(30-13)23-3-1-14(21)22-18(23)26/h1,3,5-7,12-13,15-17,24-25H,2,4,8H2,(H2,21,22,26)/t12-,13-,15-,16+,17-,32?/m1/s1. The second-order valence-corrected chi connectivity index (χ2v) is 8.87. The summed E-state index contributed by atoms with van der Waals surface area (Å²) in [5.41, 5.74) is 4.75. The van der Waals surface area contributed by atoms with Crippen LogP contribution in [0.25, 0.3) is 0 Å². The Balaban J connectivity index is 1.43. The first kappa shape index (κ1) is 22.9. The van der Waals surface area contributed by atoms with Crippen LogP contribution < -0.4 is 11.4 Å². The van der Waals surface area contributed by atoms with Gasteiger partial charge in [-0.3, -0.25) is 18.1 Å². The number of hydrogen-bond acceptors (Lipinski definition) is 10. The molecule has 32 heavy (non-hydrogen) atoms. The summed E-state index contributed by atoms with van der Waals surface area (Å²) in [6.45, 7) is -0.612. The molecule has 0 saturated carbocycles. The molecule has 4 N–H and O–H groups in total. The van der Waals surface area contributed by atoms with E-state index >= 15 is 0 Å². The van der Waals surface area contributed by atoms with Crippen molar-refractivity contribution in [3.63, 3.8) is 0 Å². The van der Waals surface area contributed by atoms with Crippen LogP contribution in [0.3, 0.4) is 0 Å². The minimum Gasteiger partial charge on any atom is -0.387 e. The molecule has 2 aromatic rings. The molecular formula is C18H20F2N3O8P. The average molecular weight is 475 g/mol. The summed E-state index contributed by atoms with van der Waals surface area (Å²) < 4.78 is 61.9. The summed E-state index contributed by atoms with van der Waals surface area (Å²) >= 11 is 0. The van der Waals surface area contributed by atoms with Crippen molar-refractivity contribution < 1.29 is 41.9 Å². The van der Waals surface area contributed by atoms with Gasteiger partial charge >= 0.3 is 13.5 Å². The Labute approximate surface area is 179 Å². The summed E-state index contributed by atoms with van der Waals surface area (Å²) in [6.07, 6.45) is -5.06. The molecule has 14 heteroatoms. The lowest BCUT2D eigenvalue weighted by Gasteiger charge is -2.29.